The smallest absolute Gasteiger partial charge is 0.320 e. The van der Waals surface area contributed by atoms with Crippen LogP contribution >= 0.6 is 0 Å². The van der Waals surface area contributed by atoms with Gasteiger partial charge in [-0.2, -0.15) is 0 Å². The highest BCUT2D eigenvalue weighted by Crippen LogP contribution is 2.43. The highest BCUT2D eigenvalue weighted by Gasteiger charge is 2.32. The molecule has 4 N–H and O–H groups in total. The van der Waals surface area contributed by atoms with E-state index >= 15 is 0 Å². The summed E-state index contributed by atoms with van der Waals surface area (Å²) in [6, 6.07) is 16.6. The van der Waals surface area contributed by atoms with E-state index in [0.717, 1.165) is 5.56 Å². The van der Waals surface area contributed by atoms with E-state index < -0.39 is 12.0 Å². The maximum Gasteiger partial charge on any atom is 0.320 e. The van der Waals surface area contributed by atoms with E-state index in [1.54, 1.807) is 24.3 Å². The molecule has 0 aromatic heterocycles. The Morgan fingerprint density at radius 3 is 2.26 bits per heavy atom. The molecule has 166 valence electrons. The normalized spacial score (nSPS) is 18.2. The summed E-state index contributed by atoms with van der Waals surface area (Å²) in [5.74, 6) is -0.268. The van der Waals surface area contributed by atoms with Gasteiger partial charge in [0.2, 0.25) is 0 Å². The number of nitrogens with two attached hydrogens (primary N) is 1. The van der Waals surface area contributed by atoms with Crippen LogP contribution in [0.2, 0.25) is 0 Å². The predicted octanol–water partition coefficient (Wildman–Crippen LogP) is 4.37. The van der Waals surface area contributed by atoms with Crippen molar-refractivity contribution in [2.45, 2.75) is 57.9 Å². The maximum atomic E-state index is 12.8. The van der Waals surface area contributed by atoms with Crippen LogP contribution in [0, 0.1) is 11.3 Å². The predicted molar refractivity (Wildman–Crippen MR) is 123 cm³/mol. The minimum atomic E-state index is -1.03. The van der Waals surface area contributed by atoms with Crippen molar-refractivity contribution in [3.63, 3.8) is 0 Å². The maximum absolute atomic E-state index is 12.8. The SMILES string of the molecule is CC1(C)CCC([C@@H](CNC(=O)c2ccc(CC(N)C(=O)O)cc2)c2ccccc2)CC1. The van der Waals surface area contributed by atoms with Crippen LogP contribution in [0.25, 0.3) is 0 Å². The van der Waals surface area contributed by atoms with Gasteiger partial charge in [-0.3, -0.25) is 9.59 Å². The van der Waals surface area contributed by atoms with E-state index in [9.17, 15) is 9.59 Å². The van der Waals surface area contributed by atoms with Gasteiger partial charge >= 0.3 is 5.97 Å². The van der Waals surface area contributed by atoms with Gasteiger partial charge < -0.3 is 16.2 Å². The number of nitrogens with one attached hydrogen (secondary N) is 1. The van der Waals surface area contributed by atoms with Crippen molar-refractivity contribution in [3.05, 3.63) is 71.3 Å². The Morgan fingerprint density at radius 2 is 1.68 bits per heavy atom. The van der Waals surface area contributed by atoms with Gasteiger partial charge in [-0.25, -0.2) is 0 Å². The largest absolute Gasteiger partial charge is 0.480 e. The van der Waals surface area contributed by atoms with Crippen molar-refractivity contribution >= 4 is 11.9 Å². The van der Waals surface area contributed by atoms with Gasteiger partial charge in [-0.15, -0.1) is 0 Å². The summed E-state index contributed by atoms with van der Waals surface area (Å²) in [7, 11) is 0. The Morgan fingerprint density at radius 1 is 1.06 bits per heavy atom. The first-order chi connectivity index (χ1) is 14.7. The summed E-state index contributed by atoms with van der Waals surface area (Å²) in [4.78, 5) is 23.7. The summed E-state index contributed by atoms with van der Waals surface area (Å²) >= 11 is 0. The zero-order valence-corrected chi connectivity index (χ0v) is 18.5. The lowest BCUT2D eigenvalue weighted by Crippen LogP contribution is -2.34. The third kappa shape index (κ3) is 6.41. The van der Waals surface area contributed by atoms with Gasteiger partial charge in [0.15, 0.2) is 0 Å². The van der Waals surface area contributed by atoms with Gasteiger partial charge in [-0.05, 0) is 66.7 Å². The number of hydrogen-bond acceptors (Lipinski definition) is 3. The average molecular weight is 423 g/mol. The summed E-state index contributed by atoms with van der Waals surface area (Å²) in [6.45, 7) is 5.30. The molecule has 0 spiro atoms. The lowest BCUT2D eigenvalue weighted by atomic mass is 9.68. The number of aliphatic carboxylic acids is 1. The molecular formula is C26H34N2O3. The molecule has 0 heterocycles. The highest BCUT2D eigenvalue weighted by atomic mass is 16.4. The lowest BCUT2D eigenvalue weighted by molar-refractivity contribution is -0.138. The second-order valence-electron chi connectivity index (χ2n) is 9.57. The average Bonchev–Trinajstić information content (AvgIpc) is 2.76. The van der Waals surface area contributed by atoms with Gasteiger partial charge in [-0.1, -0.05) is 56.3 Å². The number of carboxylic acids is 1. The Hall–Kier alpha value is -2.66. The number of amides is 1. The molecule has 1 unspecified atom stereocenters. The molecule has 2 aromatic carbocycles. The van der Waals surface area contributed by atoms with Gasteiger partial charge in [0.25, 0.3) is 5.91 Å². The number of benzene rings is 2. The van der Waals surface area contributed by atoms with E-state index in [1.807, 2.05) is 6.07 Å². The lowest BCUT2D eigenvalue weighted by Gasteiger charge is -2.38. The first-order valence-electron chi connectivity index (χ1n) is 11.2. The molecule has 0 radical (unpaired) electrons. The standard InChI is InChI=1S/C26H34N2O3/c1-26(2)14-12-20(13-15-26)22(19-6-4-3-5-7-19)17-28-24(29)21-10-8-18(9-11-21)16-23(27)25(30)31/h3-11,20,22-23H,12-17,27H2,1-2H3,(H,28,29)(H,30,31)/t22-,23?/m0/s1. The summed E-state index contributed by atoms with van der Waals surface area (Å²) in [6.07, 6.45) is 5.04. The van der Waals surface area contributed by atoms with Crippen molar-refractivity contribution in [3.8, 4) is 0 Å². The summed E-state index contributed by atoms with van der Waals surface area (Å²) in [5, 5.41) is 12.1. The fourth-order valence-corrected chi connectivity index (χ4v) is 4.52. The van der Waals surface area contributed by atoms with Crippen molar-refractivity contribution < 1.29 is 14.7 Å². The van der Waals surface area contributed by atoms with Crippen molar-refractivity contribution in [2.24, 2.45) is 17.1 Å². The Balaban J connectivity index is 1.64. The molecule has 5 heteroatoms. The first kappa shape index (κ1) is 23.0. The molecule has 1 aliphatic carbocycles. The molecule has 2 aromatic rings. The molecule has 1 amide bonds. The summed E-state index contributed by atoms with van der Waals surface area (Å²) < 4.78 is 0. The van der Waals surface area contributed by atoms with E-state index in [4.69, 9.17) is 10.8 Å². The van der Waals surface area contributed by atoms with E-state index in [0.29, 0.717) is 29.4 Å². The van der Waals surface area contributed by atoms with Crippen LogP contribution in [0.15, 0.2) is 54.6 Å². The molecule has 1 aliphatic rings. The van der Waals surface area contributed by atoms with E-state index in [-0.39, 0.29) is 12.3 Å². The molecule has 0 saturated heterocycles. The molecule has 31 heavy (non-hydrogen) atoms. The molecular weight excluding hydrogens is 388 g/mol. The van der Waals surface area contributed by atoms with Crippen LogP contribution in [0.4, 0.5) is 0 Å². The van der Waals surface area contributed by atoms with Gasteiger partial charge in [0.1, 0.15) is 6.04 Å². The number of rotatable bonds is 8. The quantitative estimate of drug-likeness (QED) is 0.589. The van der Waals surface area contributed by atoms with Crippen LogP contribution in [0.5, 0.6) is 0 Å². The number of carbonyl (C=O) groups is 2. The highest BCUT2D eigenvalue weighted by molar-refractivity contribution is 5.94. The number of carboxylic acid groups (broad SMARTS) is 1. The number of hydrogen-bond donors (Lipinski definition) is 3. The second-order valence-corrected chi connectivity index (χ2v) is 9.57. The van der Waals surface area contributed by atoms with E-state index in [1.165, 1.54) is 31.2 Å². The third-order valence-corrected chi connectivity index (χ3v) is 6.65. The van der Waals surface area contributed by atoms with Crippen LogP contribution in [0.3, 0.4) is 0 Å². The van der Waals surface area contributed by atoms with Crippen LogP contribution in [0.1, 0.15) is 66.9 Å². The zero-order valence-electron chi connectivity index (χ0n) is 18.5. The van der Waals surface area contributed by atoms with Crippen LogP contribution in [-0.4, -0.2) is 29.6 Å². The molecule has 5 nitrogen and oxygen atoms in total. The molecule has 2 atom stereocenters. The van der Waals surface area contributed by atoms with Gasteiger partial charge in [0, 0.05) is 18.0 Å². The zero-order chi connectivity index (χ0) is 22.4. The molecule has 1 saturated carbocycles. The second kappa shape index (κ2) is 10.1. The van der Waals surface area contributed by atoms with Gasteiger partial charge in [0.05, 0.1) is 0 Å². The van der Waals surface area contributed by atoms with E-state index in [2.05, 4.69) is 43.4 Å². The number of carbonyl (C=O) groups excluding carboxylic acids is 1. The molecule has 1 fully saturated rings. The van der Waals surface area contributed by atoms with Crippen LogP contribution in [-0.2, 0) is 11.2 Å². The fraction of sp³-hybridized carbons (Fsp3) is 0.462. The molecule has 0 aliphatic heterocycles. The molecule has 0 bridgehead atoms. The Kier molecular flexibility index (Phi) is 7.50. The topological polar surface area (TPSA) is 92.4 Å². The van der Waals surface area contributed by atoms with Crippen molar-refractivity contribution in [2.75, 3.05) is 6.54 Å². The van der Waals surface area contributed by atoms with Crippen molar-refractivity contribution in [1.82, 2.24) is 5.32 Å². The minimum absolute atomic E-state index is 0.105. The third-order valence-electron chi connectivity index (χ3n) is 6.65. The summed E-state index contributed by atoms with van der Waals surface area (Å²) in [5.41, 5.74) is 8.66. The van der Waals surface area contributed by atoms with Crippen molar-refractivity contribution in [1.29, 1.82) is 0 Å². The Bertz CT molecular complexity index is 867. The molecule has 3 rings (SSSR count). The monoisotopic (exact) mass is 422 g/mol. The first-order valence-corrected chi connectivity index (χ1v) is 11.2. The fourth-order valence-electron chi connectivity index (χ4n) is 4.52. The Labute approximate surface area is 185 Å². The minimum Gasteiger partial charge on any atom is -0.480 e. The van der Waals surface area contributed by atoms with Crippen LogP contribution < -0.4 is 11.1 Å².